The number of fused-ring (bicyclic) bond motifs is 9. The molecule has 1 aliphatic heterocycles. The van der Waals surface area contributed by atoms with Crippen molar-refractivity contribution in [1.29, 1.82) is 0 Å². The molecule has 3 nitrogen and oxygen atoms in total. The molecule has 1 aromatic heterocycles. The molecule has 0 saturated carbocycles. The highest BCUT2D eigenvalue weighted by Crippen LogP contribution is 2.61. The Morgan fingerprint density at radius 3 is 1.19 bits per heavy atom. The van der Waals surface area contributed by atoms with E-state index in [-0.39, 0.29) is 0 Å². The first kappa shape index (κ1) is 36.0. The average molecular weight is 806 g/mol. The second-order valence-corrected chi connectivity index (χ2v) is 17.5. The highest BCUT2D eigenvalue weighted by atomic mass is 15.4. The van der Waals surface area contributed by atoms with E-state index in [1.54, 1.807) is 0 Å². The number of benzene rings is 8. The summed E-state index contributed by atoms with van der Waals surface area (Å²) in [7, 11) is 2.17. The van der Waals surface area contributed by atoms with Gasteiger partial charge < -0.3 is 9.80 Å². The summed E-state index contributed by atoms with van der Waals surface area (Å²) >= 11 is 0. The lowest BCUT2D eigenvalue weighted by molar-refractivity contribution is 0.198. The summed E-state index contributed by atoms with van der Waals surface area (Å²) in [6, 6.07) is 79.7. The molecule has 9 aromatic rings. The molecule has 0 radical (unpaired) electrons. The molecule has 0 unspecified atom stereocenters. The Balaban J connectivity index is 1.12. The lowest BCUT2D eigenvalue weighted by atomic mass is 9.64. The number of rotatable bonds is 6. The molecule has 298 valence electrons. The van der Waals surface area contributed by atoms with Crippen LogP contribution in [0.2, 0.25) is 0 Å². The highest BCUT2D eigenvalue weighted by molar-refractivity contribution is 5.89. The van der Waals surface area contributed by atoms with Crippen molar-refractivity contribution in [3.63, 3.8) is 0 Å². The van der Waals surface area contributed by atoms with E-state index in [9.17, 15) is 0 Å². The number of aromatic nitrogens is 1. The van der Waals surface area contributed by atoms with Gasteiger partial charge in [-0.15, -0.1) is 0 Å². The van der Waals surface area contributed by atoms with Gasteiger partial charge in [-0.2, -0.15) is 0 Å². The van der Waals surface area contributed by atoms with E-state index in [1.807, 2.05) is 12.3 Å². The third kappa shape index (κ3) is 4.61. The van der Waals surface area contributed by atoms with Crippen LogP contribution in [0.1, 0.15) is 61.3 Å². The normalized spacial score (nSPS) is 16.2. The predicted octanol–water partition coefficient (Wildman–Crippen LogP) is 12.8. The second-order valence-electron chi connectivity index (χ2n) is 17.5. The number of hydrogen-bond acceptors (Lipinski definition) is 3. The molecular formula is C60H43N3. The maximum atomic E-state index is 5.21. The van der Waals surface area contributed by atoms with E-state index >= 15 is 0 Å². The molecule has 3 heteroatoms. The molecule has 2 heterocycles. The molecule has 13 rings (SSSR count). The highest BCUT2D eigenvalue weighted by Gasteiger charge is 2.53. The van der Waals surface area contributed by atoms with Crippen molar-refractivity contribution in [3.05, 3.63) is 292 Å². The summed E-state index contributed by atoms with van der Waals surface area (Å²) in [4.78, 5) is 10.0. The maximum absolute atomic E-state index is 5.21. The zero-order chi connectivity index (χ0) is 41.8. The largest absolute Gasteiger partial charge is 0.362 e. The van der Waals surface area contributed by atoms with Crippen molar-refractivity contribution in [2.45, 2.75) is 16.4 Å². The molecule has 0 amide bonds. The molecule has 63 heavy (non-hydrogen) atoms. The standard InChI is InChI=1S/C60H43N3/c1-62-36-37-63(40-62)60(55-32-12-6-26-49(55)50-27-7-13-33-56(50)60)44-21-17-19-42(39-44)58(51-28-8-2-22-45(51)46-23-3-9-29-52(46)58)41-18-16-20-43(38-41)59(57-34-14-15-35-61-57)53-30-10-4-24-47(53)48-25-5-11-31-54(48)59/h2-39H,40H2,1H3. The summed E-state index contributed by atoms with van der Waals surface area (Å²) in [5.41, 5.74) is 19.4. The Bertz CT molecular complexity index is 3190. The molecule has 4 aliphatic rings. The van der Waals surface area contributed by atoms with Gasteiger partial charge in [0.15, 0.2) is 0 Å². The van der Waals surface area contributed by atoms with E-state index in [4.69, 9.17) is 4.98 Å². The van der Waals surface area contributed by atoms with E-state index in [0.29, 0.717) is 0 Å². The van der Waals surface area contributed by atoms with Crippen molar-refractivity contribution >= 4 is 0 Å². The van der Waals surface area contributed by atoms with Crippen LogP contribution in [0.3, 0.4) is 0 Å². The van der Waals surface area contributed by atoms with Crippen molar-refractivity contribution < 1.29 is 0 Å². The summed E-state index contributed by atoms with van der Waals surface area (Å²) in [6.45, 7) is 0.768. The van der Waals surface area contributed by atoms with Crippen molar-refractivity contribution in [2.75, 3.05) is 13.7 Å². The van der Waals surface area contributed by atoms with Crippen molar-refractivity contribution in [3.8, 4) is 33.4 Å². The fourth-order valence-corrected chi connectivity index (χ4v) is 12.3. The molecule has 0 N–H and O–H groups in total. The van der Waals surface area contributed by atoms with Crippen LogP contribution in [-0.2, 0) is 16.4 Å². The maximum Gasteiger partial charge on any atom is 0.118 e. The number of pyridine rings is 1. The van der Waals surface area contributed by atoms with Crippen LogP contribution in [0, 0.1) is 0 Å². The Morgan fingerprint density at radius 2 is 0.746 bits per heavy atom. The van der Waals surface area contributed by atoms with E-state index in [1.165, 1.54) is 89.0 Å². The van der Waals surface area contributed by atoms with Gasteiger partial charge in [-0.1, -0.05) is 200 Å². The second kappa shape index (κ2) is 13.4. The molecule has 8 aromatic carbocycles. The fraction of sp³-hybridized carbons (Fsp3) is 0.0833. The van der Waals surface area contributed by atoms with Crippen molar-refractivity contribution in [2.24, 2.45) is 0 Å². The molecular weight excluding hydrogens is 763 g/mol. The van der Waals surface area contributed by atoms with E-state index in [0.717, 1.165) is 12.4 Å². The lowest BCUT2D eigenvalue weighted by Gasteiger charge is -2.43. The van der Waals surface area contributed by atoms with Crippen LogP contribution in [-0.4, -0.2) is 28.5 Å². The zero-order valence-electron chi connectivity index (χ0n) is 35.0. The van der Waals surface area contributed by atoms with Gasteiger partial charge in [-0.3, -0.25) is 4.98 Å². The molecule has 0 spiro atoms. The molecule has 0 bridgehead atoms. The molecule has 0 atom stereocenters. The van der Waals surface area contributed by atoms with Crippen LogP contribution in [0.25, 0.3) is 33.4 Å². The van der Waals surface area contributed by atoms with Gasteiger partial charge >= 0.3 is 0 Å². The van der Waals surface area contributed by atoms with Gasteiger partial charge in [-0.25, -0.2) is 0 Å². The number of hydrogen-bond donors (Lipinski definition) is 0. The van der Waals surface area contributed by atoms with Gasteiger partial charge in [0.25, 0.3) is 0 Å². The first-order valence-electron chi connectivity index (χ1n) is 22.0. The van der Waals surface area contributed by atoms with Crippen LogP contribution in [0.15, 0.2) is 231 Å². The third-order valence-corrected chi connectivity index (χ3v) is 14.6. The summed E-state index contributed by atoms with van der Waals surface area (Å²) in [5, 5.41) is 0. The van der Waals surface area contributed by atoms with E-state index < -0.39 is 16.4 Å². The van der Waals surface area contributed by atoms with Gasteiger partial charge in [0.1, 0.15) is 5.54 Å². The number of nitrogens with zero attached hydrogens (tertiary/aromatic N) is 3. The molecule has 0 saturated heterocycles. The monoisotopic (exact) mass is 805 g/mol. The Hall–Kier alpha value is -7.75. The summed E-state index contributed by atoms with van der Waals surface area (Å²) in [5.74, 6) is 0. The first-order valence-corrected chi connectivity index (χ1v) is 22.0. The minimum atomic E-state index is -0.654. The lowest BCUT2D eigenvalue weighted by Crippen LogP contribution is -2.45. The SMILES string of the molecule is CN1C=CN(C2(c3cccc(C4(c5cccc(C6(c7ccccn7)c7ccccc7-c7ccccc76)c5)c5ccccc5-c5ccccc54)c3)c3ccccc3-c3ccccc32)C1. The minimum absolute atomic E-state index is 0.564. The third-order valence-electron chi connectivity index (χ3n) is 14.6. The predicted molar refractivity (Wildman–Crippen MR) is 254 cm³/mol. The molecule has 3 aliphatic carbocycles. The first-order chi connectivity index (χ1) is 31.2. The van der Waals surface area contributed by atoms with Crippen LogP contribution < -0.4 is 0 Å². The average Bonchev–Trinajstić information content (AvgIpc) is 4.09. The molecule has 0 fully saturated rings. The Morgan fingerprint density at radius 1 is 0.365 bits per heavy atom. The summed E-state index contributed by atoms with van der Waals surface area (Å²) < 4.78 is 0. The van der Waals surface area contributed by atoms with Gasteiger partial charge in [0.2, 0.25) is 0 Å². The minimum Gasteiger partial charge on any atom is -0.362 e. The van der Waals surface area contributed by atoms with Crippen LogP contribution in [0.4, 0.5) is 0 Å². The van der Waals surface area contributed by atoms with Crippen LogP contribution in [0.5, 0.6) is 0 Å². The Labute approximate surface area is 368 Å². The zero-order valence-corrected chi connectivity index (χ0v) is 35.0. The Kier molecular flexibility index (Phi) is 7.63. The topological polar surface area (TPSA) is 19.4 Å². The quantitative estimate of drug-likeness (QED) is 0.167. The van der Waals surface area contributed by atoms with Crippen LogP contribution >= 0.6 is 0 Å². The summed E-state index contributed by atoms with van der Waals surface area (Å²) in [6.07, 6.45) is 6.45. The van der Waals surface area contributed by atoms with Crippen molar-refractivity contribution in [1.82, 2.24) is 14.8 Å². The van der Waals surface area contributed by atoms with Gasteiger partial charge in [0, 0.05) is 25.6 Å². The van der Waals surface area contributed by atoms with Gasteiger partial charge in [-0.05, 0) is 101 Å². The van der Waals surface area contributed by atoms with E-state index in [2.05, 4.69) is 236 Å². The smallest absolute Gasteiger partial charge is 0.118 e. The van der Waals surface area contributed by atoms with Gasteiger partial charge in [0.05, 0.1) is 23.2 Å². The fourth-order valence-electron chi connectivity index (χ4n) is 12.3.